The van der Waals surface area contributed by atoms with E-state index in [2.05, 4.69) is 0 Å². The highest BCUT2D eigenvalue weighted by Crippen LogP contribution is 2.30. The number of benzene rings is 2. The highest BCUT2D eigenvalue weighted by molar-refractivity contribution is 6.05. The van der Waals surface area contributed by atoms with E-state index in [0.29, 0.717) is 11.4 Å². The standard InChI is InChI=1S/C15H13F3N2O/c1-20(13-7-5-12(19)6-8-13)14(21)10-3-2-4-11(9-10)15(16,17)18/h2-9H,19H2,1H3. The van der Waals surface area contributed by atoms with Gasteiger partial charge in [-0.05, 0) is 42.5 Å². The van der Waals surface area contributed by atoms with Crippen molar-refractivity contribution in [3.63, 3.8) is 0 Å². The van der Waals surface area contributed by atoms with E-state index in [9.17, 15) is 18.0 Å². The number of halogens is 3. The number of anilines is 2. The van der Waals surface area contributed by atoms with Gasteiger partial charge in [-0.1, -0.05) is 6.07 Å². The van der Waals surface area contributed by atoms with Gasteiger partial charge in [-0.3, -0.25) is 4.79 Å². The van der Waals surface area contributed by atoms with Crippen molar-refractivity contribution in [2.24, 2.45) is 0 Å². The summed E-state index contributed by atoms with van der Waals surface area (Å²) in [6, 6.07) is 10.8. The monoisotopic (exact) mass is 294 g/mol. The SMILES string of the molecule is CN(C(=O)c1cccc(C(F)(F)F)c1)c1ccc(N)cc1. The van der Waals surface area contributed by atoms with Gasteiger partial charge in [0.15, 0.2) is 0 Å². The second-order valence-corrected chi connectivity index (χ2v) is 4.53. The number of hydrogen-bond donors (Lipinski definition) is 1. The van der Waals surface area contributed by atoms with Gasteiger partial charge in [-0.15, -0.1) is 0 Å². The van der Waals surface area contributed by atoms with E-state index in [1.807, 2.05) is 0 Å². The molecule has 2 aromatic carbocycles. The fraction of sp³-hybridized carbons (Fsp3) is 0.133. The molecule has 0 unspecified atom stereocenters. The van der Waals surface area contributed by atoms with Gasteiger partial charge in [0.05, 0.1) is 5.56 Å². The van der Waals surface area contributed by atoms with Gasteiger partial charge in [-0.2, -0.15) is 13.2 Å². The first-order valence-corrected chi connectivity index (χ1v) is 6.10. The van der Waals surface area contributed by atoms with E-state index in [4.69, 9.17) is 5.73 Å². The van der Waals surface area contributed by atoms with Crippen molar-refractivity contribution in [2.75, 3.05) is 17.7 Å². The molecular weight excluding hydrogens is 281 g/mol. The molecule has 2 N–H and O–H groups in total. The molecule has 0 heterocycles. The van der Waals surface area contributed by atoms with Crippen molar-refractivity contribution in [3.8, 4) is 0 Å². The molecule has 21 heavy (non-hydrogen) atoms. The number of amides is 1. The fourth-order valence-corrected chi connectivity index (χ4v) is 1.84. The lowest BCUT2D eigenvalue weighted by Crippen LogP contribution is -2.26. The molecule has 0 radical (unpaired) electrons. The van der Waals surface area contributed by atoms with Crippen LogP contribution in [0.25, 0.3) is 0 Å². The Morgan fingerprint density at radius 2 is 1.71 bits per heavy atom. The van der Waals surface area contributed by atoms with Gasteiger partial charge < -0.3 is 10.6 Å². The van der Waals surface area contributed by atoms with Crippen molar-refractivity contribution in [3.05, 3.63) is 59.7 Å². The normalized spacial score (nSPS) is 11.2. The first kappa shape index (κ1) is 14.9. The Hall–Kier alpha value is -2.50. The van der Waals surface area contributed by atoms with Gasteiger partial charge in [-0.25, -0.2) is 0 Å². The minimum absolute atomic E-state index is 0.0239. The smallest absolute Gasteiger partial charge is 0.399 e. The van der Waals surface area contributed by atoms with Gasteiger partial charge in [0.25, 0.3) is 5.91 Å². The lowest BCUT2D eigenvalue weighted by Gasteiger charge is -2.18. The Balaban J connectivity index is 2.29. The number of hydrogen-bond acceptors (Lipinski definition) is 2. The molecule has 110 valence electrons. The topological polar surface area (TPSA) is 46.3 Å². The molecule has 0 aromatic heterocycles. The maximum absolute atomic E-state index is 12.7. The summed E-state index contributed by atoms with van der Waals surface area (Å²) in [6.45, 7) is 0. The largest absolute Gasteiger partial charge is 0.416 e. The van der Waals surface area contributed by atoms with E-state index in [1.54, 1.807) is 24.3 Å². The van der Waals surface area contributed by atoms with Crippen LogP contribution in [-0.4, -0.2) is 13.0 Å². The first-order chi connectivity index (χ1) is 9.79. The molecule has 1 amide bonds. The van der Waals surface area contributed by atoms with Gasteiger partial charge >= 0.3 is 6.18 Å². The van der Waals surface area contributed by atoms with Crippen LogP contribution in [0.3, 0.4) is 0 Å². The van der Waals surface area contributed by atoms with Crippen molar-refractivity contribution >= 4 is 17.3 Å². The van der Waals surface area contributed by atoms with E-state index in [1.165, 1.54) is 24.1 Å². The van der Waals surface area contributed by atoms with Crippen LogP contribution in [0.1, 0.15) is 15.9 Å². The van der Waals surface area contributed by atoms with E-state index < -0.39 is 17.6 Å². The molecule has 0 aliphatic carbocycles. The summed E-state index contributed by atoms with van der Waals surface area (Å²) in [5.41, 5.74) is 5.77. The third-order valence-electron chi connectivity index (χ3n) is 3.02. The van der Waals surface area contributed by atoms with E-state index in [0.717, 1.165) is 12.1 Å². The molecule has 0 bridgehead atoms. The molecule has 0 atom stereocenters. The molecule has 0 saturated heterocycles. The first-order valence-electron chi connectivity index (χ1n) is 6.10. The highest BCUT2D eigenvalue weighted by atomic mass is 19.4. The number of rotatable bonds is 2. The summed E-state index contributed by atoms with van der Waals surface area (Å²) in [6.07, 6.45) is -4.48. The van der Waals surface area contributed by atoms with Crippen LogP contribution in [0.2, 0.25) is 0 Å². The second kappa shape index (κ2) is 5.47. The van der Waals surface area contributed by atoms with Gasteiger partial charge in [0.1, 0.15) is 0 Å². The minimum atomic E-state index is -4.48. The molecule has 2 aromatic rings. The maximum atomic E-state index is 12.7. The predicted octanol–water partition coefficient (Wildman–Crippen LogP) is 3.56. The summed E-state index contributed by atoms with van der Waals surface area (Å²) in [4.78, 5) is 13.5. The van der Waals surface area contributed by atoms with Crippen molar-refractivity contribution in [2.45, 2.75) is 6.18 Å². The van der Waals surface area contributed by atoms with Crippen LogP contribution in [0.5, 0.6) is 0 Å². The zero-order chi connectivity index (χ0) is 15.6. The molecule has 0 aliphatic rings. The third kappa shape index (κ3) is 3.34. The Bertz CT molecular complexity index is 651. The van der Waals surface area contributed by atoms with Crippen LogP contribution < -0.4 is 10.6 Å². The number of nitrogen functional groups attached to an aromatic ring is 1. The number of nitrogens with zero attached hydrogens (tertiary/aromatic N) is 1. The molecule has 3 nitrogen and oxygen atoms in total. The summed E-state index contributed by atoms with van der Waals surface area (Å²) >= 11 is 0. The molecule has 0 saturated carbocycles. The lowest BCUT2D eigenvalue weighted by atomic mass is 10.1. The molecule has 2 rings (SSSR count). The van der Waals surface area contributed by atoms with Crippen LogP contribution in [0, 0.1) is 0 Å². The highest BCUT2D eigenvalue weighted by Gasteiger charge is 2.31. The van der Waals surface area contributed by atoms with Crippen LogP contribution in [0.4, 0.5) is 24.5 Å². The predicted molar refractivity (Wildman–Crippen MR) is 75.0 cm³/mol. The van der Waals surface area contributed by atoms with E-state index >= 15 is 0 Å². The molecule has 0 fully saturated rings. The van der Waals surface area contributed by atoms with Crippen molar-refractivity contribution < 1.29 is 18.0 Å². The molecular formula is C15H13F3N2O. The molecule has 0 spiro atoms. The number of alkyl halides is 3. The second-order valence-electron chi connectivity index (χ2n) is 4.53. The molecule has 0 aliphatic heterocycles. The Labute approximate surface area is 119 Å². The van der Waals surface area contributed by atoms with Crippen LogP contribution in [-0.2, 0) is 6.18 Å². The van der Waals surface area contributed by atoms with Crippen molar-refractivity contribution in [1.82, 2.24) is 0 Å². The number of carbonyl (C=O) groups is 1. The Morgan fingerprint density at radius 3 is 2.29 bits per heavy atom. The Kier molecular flexibility index (Phi) is 3.88. The van der Waals surface area contributed by atoms with Crippen LogP contribution in [0.15, 0.2) is 48.5 Å². The molecule has 6 heteroatoms. The summed E-state index contributed by atoms with van der Waals surface area (Å²) in [5, 5.41) is 0. The lowest BCUT2D eigenvalue weighted by molar-refractivity contribution is -0.137. The van der Waals surface area contributed by atoms with Crippen molar-refractivity contribution in [1.29, 1.82) is 0 Å². The third-order valence-corrected chi connectivity index (χ3v) is 3.02. The zero-order valence-corrected chi connectivity index (χ0v) is 11.2. The number of carbonyl (C=O) groups excluding carboxylic acids is 1. The average molecular weight is 294 g/mol. The Morgan fingerprint density at radius 1 is 1.10 bits per heavy atom. The van der Waals surface area contributed by atoms with E-state index in [-0.39, 0.29) is 5.56 Å². The summed E-state index contributed by atoms with van der Waals surface area (Å²) in [5.74, 6) is -0.522. The van der Waals surface area contributed by atoms with Crippen LogP contribution >= 0.6 is 0 Å². The zero-order valence-electron chi connectivity index (χ0n) is 11.2. The minimum Gasteiger partial charge on any atom is -0.399 e. The maximum Gasteiger partial charge on any atom is 0.416 e. The summed E-state index contributed by atoms with van der Waals surface area (Å²) in [7, 11) is 1.49. The summed E-state index contributed by atoms with van der Waals surface area (Å²) < 4.78 is 38.0. The fourth-order valence-electron chi connectivity index (χ4n) is 1.84. The van der Waals surface area contributed by atoms with Gasteiger partial charge in [0.2, 0.25) is 0 Å². The average Bonchev–Trinajstić information content (AvgIpc) is 2.46. The van der Waals surface area contributed by atoms with Gasteiger partial charge in [0, 0.05) is 24.0 Å². The quantitative estimate of drug-likeness (QED) is 0.861. The number of nitrogens with two attached hydrogens (primary N) is 1.